The Morgan fingerprint density at radius 3 is 3.10 bits per heavy atom. The van der Waals surface area contributed by atoms with Gasteiger partial charge >= 0.3 is 6.03 Å². The van der Waals surface area contributed by atoms with Crippen LogP contribution in [0.2, 0.25) is 0 Å². The van der Waals surface area contributed by atoms with Gasteiger partial charge in [-0.05, 0) is 44.0 Å². The third-order valence-electron chi connectivity index (χ3n) is 3.60. The Morgan fingerprint density at radius 2 is 2.40 bits per heavy atom. The van der Waals surface area contributed by atoms with Crippen molar-refractivity contribution in [1.29, 1.82) is 0 Å². The Bertz CT molecular complexity index is 444. The number of nitrogens with one attached hydrogen (secondary N) is 2. The summed E-state index contributed by atoms with van der Waals surface area (Å²) in [5, 5.41) is 6.26. The average Bonchev–Trinajstić information content (AvgIpc) is 2.48. The lowest BCUT2D eigenvalue weighted by atomic mass is 9.99. The highest BCUT2D eigenvalue weighted by Gasteiger charge is 2.18. The Labute approximate surface area is 120 Å². The maximum atomic E-state index is 12.1. The molecule has 110 valence electrons. The number of rotatable bonds is 4. The second-order valence-electron chi connectivity index (χ2n) is 5.26. The predicted molar refractivity (Wildman–Crippen MR) is 80.2 cm³/mol. The summed E-state index contributed by atoms with van der Waals surface area (Å²) in [6.45, 7) is 2.87. The van der Waals surface area contributed by atoms with Crippen LogP contribution < -0.4 is 15.4 Å². The van der Waals surface area contributed by atoms with Gasteiger partial charge in [0.1, 0.15) is 5.75 Å². The molecule has 0 aromatic heterocycles. The van der Waals surface area contributed by atoms with Crippen LogP contribution in [0.25, 0.3) is 0 Å². The highest BCUT2D eigenvalue weighted by molar-refractivity contribution is 5.89. The fraction of sp³-hybridized carbons (Fsp3) is 0.533. The first-order valence-electron chi connectivity index (χ1n) is 7.06. The number of amides is 2. The molecule has 20 heavy (non-hydrogen) atoms. The quantitative estimate of drug-likeness (QED) is 0.886. The van der Waals surface area contributed by atoms with E-state index in [1.165, 1.54) is 12.8 Å². The van der Waals surface area contributed by atoms with E-state index < -0.39 is 0 Å². The fourth-order valence-electron chi connectivity index (χ4n) is 2.47. The summed E-state index contributed by atoms with van der Waals surface area (Å²) in [6.07, 6.45) is 2.37. The minimum atomic E-state index is -0.0798. The monoisotopic (exact) mass is 277 g/mol. The van der Waals surface area contributed by atoms with Crippen molar-refractivity contribution in [3.05, 3.63) is 24.3 Å². The van der Waals surface area contributed by atoms with Crippen LogP contribution in [0.1, 0.15) is 12.8 Å². The number of benzene rings is 1. The Morgan fingerprint density at radius 1 is 1.55 bits per heavy atom. The molecular weight excluding hydrogens is 254 g/mol. The molecule has 1 heterocycles. The van der Waals surface area contributed by atoms with Gasteiger partial charge in [-0.15, -0.1) is 0 Å². The molecule has 0 spiro atoms. The number of urea groups is 1. The van der Waals surface area contributed by atoms with Gasteiger partial charge in [-0.3, -0.25) is 0 Å². The van der Waals surface area contributed by atoms with Gasteiger partial charge in [0, 0.05) is 25.3 Å². The van der Waals surface area contributed by atoms with Crippen LogP contribution in [0.15, 0.2) is 24.3 Å². The summed E-state index contributed by atoms with van der Waals surface area (Å²) < 4.78 is 5.15. The first kappa shape index (κ1) is 14.7. The largest absolute Gasteiger partial charge is 0.497 e. The number of nitrogens with zero attached hydrogens (tertiary/aromatic N) is 1. The van der Waals surface area contributed by atoms with Gasteiger partial charge in [0.25, 0.3) is 0 Å². The van der Waals surface area contributed by atoms with E-state index in [0.29, 0.717) is 5.92 Å². The van der Waals surface area contributed by atoms with Crippen molar-refractivity contribution < 1.29 is 9.53 Å². The molecule has 2 rings (SSSR count). The van der Waals surface area contributed by atoms with E-state index in [4.69, 9.17) is 4.74 Å². The summed E-state index contributed by atoms with van der Waals surface area (Å²) in [6, 6.07) is 7.31. The number of piperidine rings is 1. The minimum absolute atomic E-state index is 0.0798. The van der Waals surface area contributed by atoms with Gasteiger partial charge in [-0.1, -0.05) is 6.07 Å². The lowest BCUT2D eigenvalue weighted by molar-refractivity contribution is 0.207. The molecule has 0 radical (unpaired) electrons. The zero-order chi connectivity index (χ0) is 14.4. The van der Waals surface area contributed by atoms with Crippen LogP contribution in [0.3, 0.4) is 0 Å². The molecule has 1 aliphatic heterocycles. The number of methoxy groups -OCH3 is 1. The maximum Gasteiger partial charge on any atom is 0.321 e. The number of hydrogen-bond acceptors (Lipinski definition) is 3. The van der Waals surface area contributed by atoms with Crippen molar-refractivity contribution >= 4 is 11.7 Å². The SMILES string of the molecule is COc1cccc(NC(=O)N(C)CC2CCCNC2)c1. The first-order chi connectivity index (χ1) is 9.69. The van der Waals surface area contributed by atoms with Crippen molar-refractivity contribution in [3.8, 4) is 5.75 Å². The molecule has 2 amide bonds. The van der Waals surface area contributed by atoms with E-state index in [9.17, 15) is 4.79 Å². The van der Waals surface area contributed by atoms with Crippen LogP contribution in [0.4, 0.5) is 10.5 Å². The van der Waals surface area contributed by atoms with Crippen molar-refractivity contribution in [3.63, 3.8) is 0 Å². The van der Waals surface area contributed by atoms with Gasteiger partial charge in [-0.25, -0.2) is 4.79 Å². The highest BCUT2D eigenvalue weighted by Crippen LogP contribution is 2.17. The van der Waals surface area contributed by atoms with Crippen LogP contribution in [0.5, 0.6) is 5.75 Å². The molecule has 1 fully saturated rings. The normalized spacial score (nSPS) is 18.4. The molecule has 1 aromatic rings. The lowest BCUT2D eigenvalue weighted by Gasteiger charge is -2.27. The molecule has 1 atom stereocenters. The molecule has 5 heteroatoms. The number of hydrogen-bond donors (Lipinski definition) is 2. The van der Waals surface area contributed by atoms with Gasteiger partial charge < -0.3 is 20.3 Å². The van der Waals surface area contributed by atoms with E-state index in [2.05, 4.69) is 10.6 Å². The van der Waals surface area contributed by atoms with Crippen LogP contribution >= 0.6 is 0 Å². The van der Waals surface area contributed by atoms with E-state index in [1.807, 2.05) is 31.3 Å². The van der Waals surface area contributed by atoms with Gasteiger partial charge in [0.2, 0.25) is 0 Å². The Kier molecular flexibility index (Phi) is 5.24. The molecule has 0 saturated carbocycles. The number of ether oxygens (including phenoxy) is 1. The van der Waals surface area contributed by atoms with E-state index in [0.717, 1.165) is 31.1 Å². The van der Waals surface area contributed by atoms with Crippen LogP contribution in [0, 0.1) is 5.92 Å². The topological polar surface area (TPSA) is 53.6 Å². The molecule has 1 aliphatic rings. The number of carbonyl (C=O) groups excluding carboxylic acids is 1. The second-order valence-corrected chi connectivity index (χ2v) is 5.26. The zero-order valence-corrected chi connectivity index (χ0v) is 12.2. The standard InChI is InChI=1S/C15H23N3O2/c1-18(11-12-5-4-8-16-10-12)15(19)17-13-6-3-7-14(9-13)20-2/h3,6-7,9,12,16H,4-5,8,10-11H2,1-2H3,(H,17,19). The maximum absolute atomic E-state index is 12.1. The minimum Gasteiger partial charge on any atom is -0.497 e. The molecule has 1 aromatic carbocycles. The molecule has 0 bridgehead atoms. The summed E-state index contributed by atoms with van der Waals surface area (Å²) in [5.41, 5.74) is 0.753. The van der Waals surface area contributed by atoms with Crippen molar-refractivity contribution in [2.75, 3.05) is 39.1 Å². The molecule has 0 aliphatic carbocycles. The predicted octanol–water partition coefficient (Wildman–Crippen LogP) is 2.16. The third-order valence-corrected chi connectivity index (χ3v) is 3.60. The molecule has 5 nitrogen and oxygen atoms in total. The zero-order valence-electron chi connectivity index (χ0n) is 12.2. The summed E-state index contributed by atoms with van der Waals surface area (Å²) in [4.78, 5) is 13.9. The Hall–Kier alpha value is -1.75. The van der Waals surface area contributed by atoms with Crippen molar-refractivity contribution in [2.24, 2.45) is 5.92 Å². The van der Waals surface area contributed by atoms with Gasteiger partial charge in [0.05, 0.1) is 7.11 Å². The second kappa shape index (κ2) is 7.14. The molecule has 1 saturated heterocycles. The fourth-order valence-corrected chi connectivity index (χ4v) is 2.47. The Balaban J connectivity index is 1.86. The van der Waals surface area contributed by atoms with E-state index in [1.54, 1.807) is 12.0 Å². The van der Waals surface area contributed by atoms with Gasteiger partial charge in [0.15, 0.2) is 0 Å². The summed E-state index contributed by atoms with van der Waals surface area (Å²) in [7, 11) is 3.45. The lowest BCUT2D eigenvalue weighted by Crippen LogP contribution is -2.40. The highest BCUT2D eigenvalue weighted by atomic mass is 16.5. The number of carbonyl (C=O) groups is 1. The smallest absolute Gasteiger partial charge is 0.321 e. The number of anilines is 1. The third kappa shape index (κ3) is 4.13. The van der Waals surface area contributed by atoms with Gasteiger partial charge in [-0.2, -0.15) is 0 Å². The molecular formula is C15H23N3O2. The van der Waals surface area contributed by atoms with E-state index in [-0.39, 0.29) is 6.03 Å². The van der Waals surface area contributed by atoms with E-state index >= 15 is 0 Å². The molecule has 1 unspecified atom stereocenters. The van der Waals surface area contributed by atoms with Crippen LogP contribution in [-0.2, 0) is 0 Å². The summed E-state index contributed by atoms with van der Waals surface area (Å²) >= 11 is 0. The van der Waals surface area contributed by atoms with Crippen molar-refractivity contribution in [2.45, 2.75) is 12.8 Å². The first-order valence-corrected chi connectivity index (χ1v) is 7.06. The van der Waals surface area contributed by atoms with Crippen molar-refractivity contribution in [1.82, 2.24) is 10.2 Å². The van der Waals surface area contributed by atoms with Crippen LogP contribution in [-0.4, -0.2) is 44.7 Å². The summed E-state index contributed by atoms with van der Waals surface area (Å²) in [5.74, 6) is 1.28. The molecule has 2 N–H and O–H groups in total. The average molecular weight is 277 g/mol.